The van der Waals surface area contributed by atoms with Gasteiger partial charge in [-0.2, -0.15) is 0 Å². The van der Waals surface area contributed by atoms with E-state index in [1.165, 1.54) is 0 Å². The molecule has 1 aliphatic rings. The maximum absolute atomic E-state index is 13.5. The highest BCUT2D eigenvalue weighted by molar-refractivity contribution is 5.77. The second kappa shape index (κ2) is 15.7. The van der Waals surface area contributed by atoms with Crippen molar-refractivity contribution < 1.29 is 14.4 Å². The number of fused-ring (bicyclic) bond motifs is 6. The monoisotopic (exact) mass is 595 g/mol. The van der Waals surface area contributed by atoms with Gasteiger partial charge in [-0.05, 0) is 51.6 Å². The summed E-state index contributed by atoms with van der Waals surface area (Å²) in [6, 6.07) is 24.9. The Kier molecular flexibility index (Phi) is 11.8. The Bertz CT molecular complexity index is 1340. The number of hydrogen-bond acceptors (Lipinski definition) is 3. The zero-order valence-corrected chi connectivity index (χ0v) is 27.2. The van der Waals surface area contributed by atoms with Crippen LogP contribution in [-0.4, -0.2) is 32.4 Å². The van der Waals surface area contributed by atoms with Crippen LogP contribution in [0.4, 0.5) is 0 Å². The molecule has 3 aromatic carbocycles. The molecule has 0 radical (unpaired) electrons. The second-order valence-corrected chi connectivity index (χ2v) is 13.2. The molecule has 6 nitrogen and oxygen atoms in total. The SMILES string of the molecule is CCCC(=O)N1Cc2cccc(c2)CN(C(=O)CC(C)C)Cc2cccc(c2)CN(C(=O)CC(C)C)Cc2cccc(c2)C1. The van der Waals surface area contributed by atoms with Crippen LogP contribution in [0.5, 0.6) is 0 Å². The van der Waals surface area contributed by atoms with Crippen LogP contribution in [-0.2, 0) is 53.7 Å². The molecule has 1 aliphatic heterocycles. The van der Waals surface area contributed by atoms with Gasteiger partial charge in [0.25, 0.3) is 0 Å². The predicted molar refractivity (Wildman–Crippen MR) is 176 cm³/mol. The van der Waals surface area contributed by atoms with E-state index in [1.807, 2.05) is 39.8 Å². The maximum Gasteiger partial charge on any atom is 0.223 e. The zero-order chi connectivity index (χ0) is 31.6. The number of benzene rings is 3. The molecule has 3 amide bonds. The van der Waals surface area contributed by atoms with Crippen molar-refractivity contribution in [2.45, 2.75) is 99.6 Å². The van der Waals surface area contributed by atoms with Crippen molar-refractivity contribution >= 4 is 17.7 Å². The van der Waals surface area contributed by atoms with Gasteiger partial charge in [0.05, 0.1) is 0 Å². The standard InChI is InChI=1S/C38H49N3O3/c1-6-10-36(42)39-22-30-11-7-13-32(19-30)24-40(37(43)17-28(2)3)26-34-15-9-16-35(21-34)27-41(38(44)18-29(4)5)25-33-14-8-12-31(20-33)23-39/h7-9,11-16,19-21,28-29H,6,10,17-18,22-27H2,1-5H3. The minimum Gasteiger partial charge on any atom is -0.334 e. The van der Waals surface area contributed by atoms with E-state index in [4.69, 9.17) is 0 Å². The van der Waals surface area contributed by atoms with Gasteiger partial charge in [-0.15, -0.1) is 0 Å². The Morgan fingerprint density at radius 3 is 1.05 bits per heavy atom. The third-order valence-electron chi connectivity index (χ3n) is 7.90. The number of carbonyl (C=O) groups is 3. The Morgan fingerprint density at radius 1 is 0.523 bits per heavy atom. The highest BCUT2D eigenvalue weighted by atomic mass is 16.2. The van der Waals surface area contributed by atoms with Crippen LogP contribution in [0.15, 0.2) is 72.8 Å². The molecule has 0 aromatic heterocycles. The molecule has 0 unspecified atom stereocenters. The Balaban J connectivity index is 1.77. The molecule has 0 fully saturated rings. The minimum atomic E-state index is 0.122. The zero-order valence-electron chi connectivity index (χ0n) is 27.2. The number of carbonyl (C=O) groups excluding carboxylic acids is 3. The third-order valence-corrected chi connectivity index (χ3v) is 7.90. The summed E-state index contributed by atoms with van der Waals surface area (Å²) in [4.78, 5) is 46.1. The number of hydrogen-bond donors (Lipinski definition) is 0. The molecule has 4 rings (SSSR count). The van der Waals surface area contributed by atoms with Gasteiger partial charge in [-0.3, -0.25) is 14.4 Å². The molecule has 0 saturated heterocycles. The number of rotatable bonds is 6. The molecule has 0 N–H and O–H groups in total. The fraction of sp³-hybridized carbons (Fsp3) is 0.447. The van der Waals surface area contributed by atoms with Crippen LogP contribution < -0.4 is 0 Å². The Morgan fingerprint density at radius 2 is 0.795 bits per heavy atom. The predicted octanol–water partition coefficient (Wildman–Crippen LogP) is 7.48. The van der Waals surface area contributed by atoms with E-state index < -0.39 is 0 Å². The van der Waals surface area contributed by atoms with Gasteiger partial charge in [0, 0.05) is 58.5 Å². The van der Waals surface area contributed by atoms with Gasteiger partial charge in [0.2, 0.25) is 17.7 Å². The van der Waals surface area contributed by atoms with E-state index in [1.54, 1.807) is 0 Å². The molecule has 3 aromatic rings. The fourth-order valence-corrected chi connectivity index (χ4v) is 5.83. The summed E-state index contributed by atoms with van der Waals surface area (Å²) in [5, 5.41) is 0. The molecule has 6 heteroatoms. The van der Waals surface area contributed by atoms with E-state index in [-0.39, 0.29) is 29.6 Å². The maximum atomic E-state index is 13.5. The molecule has 6 bridgehead atoms. The van der Waals surface area contributed by atoms with Gasteiger partial charge in [0.15, 0.2) is 0 Å². The van der Waals surface area contributed by atoms with Gasteiger partial charge < -0.3 is 14.7 Å². The topological polar surface area (TPSA) is 60.9 Å². The molecule has 234 valence electrons. The molecular formula is C38H49N3O3. The molecule has 0 aliphatic carbocycles. The van der Waals surface area contributed by atoms with Crippen molar-refractivity contribution in [3.05, 3.63) is 106 Å². The van der Waals surface area contributed by atoms with E-state index in [2.05, 4.69) is 82.3 Å². The number of amides is 3. The summed E-state index contributed by atoms with van der Waals surface area (Å²) < 4.78 is 0. The van der Waals surface area contributed by atoms with Crippen LogP contribution in [0.2, 0.25) is 0 Å². The Labute approximate surface area is 264 Å². The summed E-state index contributed by atoms with van der Waals surface area (Å²) in [6.07, 6.45) is 2.24. The molecule has 0 spiro atoms. The van der Waals surface area contributed by atoms with Crippen LogP contribution in [0.1, 0.15) is 93.7 Å². The largest absolute Gasteiger partial charge is 0.334 e. The van der Waals surface area contributed by atoms with Crippen LogP contribution in [0.25, 0.3) is 0 Å². The highest BCUT2D eigenvalue weighted by Crippen LogP contribution is 2.21. The summed E-state index contributed by atoms with van der Waals surface area (Å²) in [5.41, 5.74) is 6.29. The summed E-state index contributed by atoms with van der Waals surface area (Å²) >= 11 is 0. The smallest absolute Gasteiger partial charge is 0.223 e. The first kappa shape index (κ1) is 33.0. The lowest BCUT2D eigenvalue weighted by molar-refractivity contribution is -0.134. The lowest BCUT2D eigenvalue weighted by Crippen LogP contribution is -2.32. The van der Waals surface area contributed by atoms with Crippen LogP contribution in [0.3, 0.4) is 0 Å². The average molecular weight is 596 g/mol. The molecular weight excluding hydrogens is 546 g/mol. The van der Waals surface area contributed by atoms with Gasteiger partial charge in [-0.1, -0.05) is 107 Å². The van der Waals surface area contributed by atoms with Crippen molar-refractivity contribution in [2.75, 3.05) is 0 Å². The van der Waals surface area contributed by atoms with Crippen molar-refractivity contribution in [1.82, 2.24) is 14.7 Å². The summed E-state index contributed by atoms with van der Waals surface area (Å²) in [5.74, 6) is 0.876. The number of nitrogens with zero attached hydrogens (tertiary/aromatic N) is 3. The fourth-order valence-electron chi connectivity index (χ4n) is 5.83. The normalized spacial score (nSPS) is 14.4. The van der Waals surface area contributed by atoms with Crippen molar-refractivity contribution in [1.29, 1.82) is 0 Å². The van der Waals surface area contributed by atoms with Crippen LogP contribution in [0, 0.1) is 11.8 Å². The van der Waals surface area contributed by atoms with E-state index >= 15 is 0 Å². The van der Waals surface area contributed by atoms with Crippen molar-refractivity contribution in [2.24, 2.45) is 11.8 Å². The van der Waals surface area contributed by atoms with Crippen molar-refractivity contribution in [3.63, 3.8) is 0 Å². The first-order valence-electron chi connectivity index (χ1n) is 16.2. The average Bonchev–Trinajstić information content (AvgIpc) is 2.96. The highest BCUT2D eigenvalue weighted by Gasteiger charge is 2.21. The second-order valence-electron chi connectivity index (χ2n) is 13.2. The molecule has 0 atom stereocenters. The van der Waals surface area contributed by atoms with Gasteiger partial charge >= 0.3 is 0 Å². The molecule has 0 saturated carbocycles. The first-order chi connectivity index (χ1) is 21.1. The Hall–Kier alpha value is -3.93. The van der Waals surface area contributed by atoms with E-state index in [0.29, 0.717) is 58.5 Å². The molecule has 44 heavy (non-hydrogen) atoms. The van der Waals surface area contributed by atoms with E-state index in [0.717, 1.165) is 39.8 Å². The lowest BCUT2D eigenvalue weighted by Gasteiger charge is -2.27. The summed E-state index contributed by atoms with van der Waals surface area (Å²) in [7, 11) is 0. The van der Waals surface area contributed by atoms with E-state index in [9.17, 15) is 14.4 Å². The van der Waals surface area contributed by atoms with Crippen molar-refractivity contribution in [3.8, 4) is 0 Å². The van der Waals surface area contributed by atoms with Crippen LogP contribution >= 0.6 is 0 Å². The lowest BCUT2D eigenvalue weighted by atomic mass is 10.0. The van der Waals surface area contributed by atoms with Gasteiger partial charge in [-0.25, -0.2) is 0 Å². The first-order valence-corrected chi connectivity index (χ1v) is 16.2. The molecule has 1 heterocycles. The quantitative estimate of drug-likeness (QED) is 0.297. The summed E-state index contributed by atoms with van der Waals surface area (Å²) in [6.45, 7) is 13.3. The minimum absolute atomic E-state index is 0.122. The third kappa shape index (κ3) is 9.80. The van der Waals surface area contributed by atoms with Gasteiger partial charge in [0.1, 0.15) is 0 Å².